The standard InChI is InChI=1S/C8H21NS/c1-9-5-7-10(2,3,4)8-6-9/h10H,5-8H2,1-4H3. The largest absolute Gasteiger partial charge is 0.305 e. The van der Waals surface area contributed by atoms with E-state index in [4.69, 9.17) is 0 Å². The van der Waals surface area contributed by atoms with Crippen molar-refractivity contribution in [3.63, 3.8) is 0 Å². The summed E-state index contributed by atoms with van der Waals surface area (Å²) in [5.41, 5.74) is 0. The Kier molecular flexibility index (Phi) is 1.80. The maximum atomic E-state index is 2.51. The quantitative estimate of drug-likeness (QED) is 0.519. The number of hydrogen-bond acceptors (Lipinski definition) is 1. The first-order chi connectivity index (χ1) is 4.37. The third-order valence-corrected chi connectivity index (χ3v) is 6.34. The van der Waals surface area contributed by atoms with Gasteiger partial charge in [-0.15, -0.1) is 0 Å². The Bertz CT molecular complexity index is 122. The Labute approximate surface area is 65.1 Å². The van der Waals surface area contributed by atoms with Crippen molar-refractivity contribution in [1.82, 2.24) is 4.90 Å². The smallest absolute Gasteiger partial charge is 0.00413 e. The minimum atomic E-state index is -1.13. The molecule has 10 heavy (non-hydrogen) atoms. The first kappa shape index (κ1) is 8.41. The highest BCUT2D eigenvalue weighted by Gasteiger charge is 2.29. The molecule has 0 atom stereocenters. The van der Waals surface area contributed by atoms with Gasteiger partial charge >= 0.3 is 0 Å². The van der Waals surface area contributed by atoms with Gasteiger partial charge in [-0.05, 0) is 37.3 Å². The van der Waals surface area contributed by atoms with E-state index in [0.717, 1.165) is 0 Å². The maximum Gasteiger partial charge on any atom is 0.00413 e. The molecule has 0 aromatic carbocycles. The summed E-state index contributed by atoms with van der Waals surface area (Å²) in [5.74, 6) is 2.92. The van der Waals surface area contributed by atoms with Crippen LogP contribution in [0.5, 0.6) is 0 Å². The average molecular weight is 163 g/mol. The molecule has 1 rings (SSSR count). The zero-order valence-corrected chi connectivity index (χ0v) is 8.62. The zero-order valence-electron chi connectivity index (χ0n) is 7.72. The van der Waals surface area contributed by atoms with E-state index in [9.17, 15) is 0 Å². The third kappa shape index (κ3) is 2.17. The van der Waals surface area contributed by atoms with Crippen molar-refractivity contribution in [3.8, 4) is 0 Å². The summed E-state index contributed by atoms with van der Waals surface area (Å²) >= 11 is 0. The molecule has 0 N–H and O–H groups in total. The second-order valence-electron chi connectivity index (χ2n) is 5.21. The molecule has 1 fully saturated rings. The number of rotatable bonds is 0. The first-order valence-corrected chi connectivity index (χ1v) is 8.00. The van der Waals surface area contributed by atoms with Crippen LogP contribution in [0.3, 0.4) is 0 Å². The van der Waals surface area contributed by atoms with Crippen molar-refractivity contribution in [2.75, 3.05) is 50.4 Å². The zero-order chi connectivity index (χ0) is 7.85. The van der Waals surface area contributed by atoms with E-state index in [0.29, 0.717) is 0 Å². The summed E-state index contributed by atoms with van der Waals surface area (Å²) in [6, 6.07) is 0. The average Bonchev–Trinajstić information content (AvgIpc) is 1.77. The fraction of sp³-hybridized carbons (Fsp3) is 1.00. The number of nitrogens with zero attached hydrogens (tertiary/aromatic N) is 1. The van der Waals surface area contributed by atoms with Crippen LogP contribution in [0.15, 0.2) is 0 Å². The first-order valence-electron chi connectivity index (χ1n) is 4.05. The van der Waals surface area contributed by atoms with Crippen molar-refractivity contribution in [2.45, 2.75) is 0 Å². The van der Waals surface area contributed by atoms with Gasteiger partial charge in [0.1, 0.15) is 0 Å². The van der Waals surface area contributed by atoms with Crippen molar-refractivity contribution >= 4 is 9.16 Å². The molecule has 0 aromatic rings. The molecule has 1 nitrogen and oxygen atoms in total. The van der Waals surface area contributed by atoms with Gasteiger partial charge in [-0.1, -0.05) is 0 Å². The van der Waals surface area contributed by atoms with E-state index in [1.54, 1.807) is 0 Å². The van der Waals surface area contributed by atoms with Gasteiger partial charge < -0.3 is 4.90 Å². The summed E-state index contributed by atoms with van der Waals surface area (Å²) in [7, 11) is 1.10. The highest BCUT2D eigenvalue weighted by Crippen LogP contribution is 2.60. The lowest BCUT2D eigenvalue weighted by Gasteiger charge is -2.56. The van der Waals surface area contributed by atoms with E-state index in [2.05, 4.69) is 30.7 Å². The number of thiol groups is 1. The molecule has 0 amide bonds. The summed E-state index contributed by atoms with van der Waals surface area (Å²) in [5, 5.41) is 0. The fourth-order valence-corrected chi connectivity index (χ4v) is 3.70. The number of hydrogen-bond donors (Lipinski definition) is 1. The second-order valence-corrected chi connectivity index (χ2v) is 13.0. The van der Waals surface area contributed by atoms with Gasteiger partial charge in [0.15, 0.2) is 0 Å². The lowest BCUT2D eigenvalue weighted by Crippen LogP contribution is -2.41. The van der Waals surface area contributed by atoms with Crippen LogP contribution in [-0.4, -0.2) is 55.3 Å². The summed E-state index contributed by atoms with van der Waals surface area (Å²) in [4.78, 5) is 2.45. The third-order valence-electron chi connectivity index (χ3n) is 2.62. The molecule has 0 spiro atoms. The van der Waals surface area contributed by atoms with Gasteiger partial charge in [0.25, 0.3) is 0 Å². The lowest BCUT2D eigenvalue weighted by atomic mass is 10.6. The SMILES string of the molecule is CN1CC[SH](C)(C)(C)CC1. The monoisotopic (exact) mass is 163 g/mol. The van der Waals surface area contributed by atoms with Gasteiger partial charge in [-0.2, -0.15) is 0 Å². The topological polar surface area (TPSA) is 3.24 Å². The van der Waals surface area contributed by atoms with Crippen molar-refractivity contribution < 1.29 is 0 Å². The van der Waals surface area contributed by atoms with Gasteiger partial charge in [0, 0.05) is 13.1 Å². The van der Waals surface area contributed by atoms with E-state index < -0.39 is 9.16 Å². The van der Waals surface area contributed by atoms with Crippen molar-refractivity contribution in [3.05, 3.63) is 0 Å². The molecule has 1 aliphatic rings. The molecule has 0 radical (unpaired) electrons. The Morgan fingerprint density at radius 1 is 1.00 bits per heavy atom. The molecule has 64 valence electrons. The predicted molar refractivity (Wildman–Crippen MR) is 54.0 cm³/mol. The van der Waals surface area contributed by atoms with Crippen LogP contribution in [0, 0.1) is 0 Å². The predicted octanol–water partition coefficient (Wildman–Crippen LogP) is 0.894. The van der Waals surface area contributed by atoms with Gasteiger partial charge in [0.2, 0.25) is 0 Å². The second kappa shape index (κ2) is 2.15. The molecule has 1 aliphatic heterocycles. The van der Waals surface area contributed by atoms with Crippen LogP contribution in [0.25, 0.3) is 0 Å². The van der Waals surface area contributed by atoms with E-state index >= 15 is 0 Å². The van der Waals surface area contributed by atoms with Crippen LogP contribution >= 0.6 is 9.16 Å². The molecular weight excluding hydrogens is 142 g/mol. The summed E-state index contributed by atoms with van der Waals surface area (Å²) < 4.78 is 0. The lowest BCUT2D eigenvalue weighted by molar-refractivity contribution is 0.368. The van der Waals surface area contributed by atoms with Crippen molar-refractivity contribution in [2.24, 2.45) is 0 Å². The molecule has 0 saturated carbocycles. The Hall–Kier alpha value is 0.310. The normalized spacial score (nSPS) is 36.2. The molecule has 0 aromatic heterocycles. The summed E-state index contributed by atoms with van der Waals surface area (Å²) in [6.45, 7) is 2.64. The van der Waals surface area contributed by atoms with Gasteiger partial charge in [-0.25, -0.2) is 0 Å². The highest BCUT2D eigenvalue weighted by atomic mass is 32.3. The van der Waals surface area contributed by atoms with Gasteiger partial charge in [0.05, 0.1) is 0 Å². The molecule has 1 heterocycles. The minimum Gasteiger partial charge on any atom is -0.305 e. The molecule has 2 heteroatoms. The maximum absolute atomic E-state index is 2.51. The fourth-order valence-electron chi connectivity index (χ4n) is 1.31. The molecular formula is C8H21NS. The molecule has 1 saturated heterocycles. The van der Waals surface area contributed by atoms with Crippen LogP contribution in [0.2, 0.25) is 0 Å². The molecule has 0 bridgehead atoms. The van der Waals surface area contributed by atoms with Crippen LogP contribution in [0.4, 0.5) is 0 Å². The Morgan fingerprint density at radius 2 is 1.40 bits per heavy atom. The molecule has 0 aliphatic carbocycles. The van der Waals surface area contributed by atoms with Crippen molar-refractivity contribution in [1.29, 1.82) is 0 Å². The highest BCUT2D eigenvalue weighted by molar-refractivity contribution is 8.48. The minimum absolute atomic E-state index is 1.13. The summed E-state index contributed by atoms with van der Waals surface area (Å²) in [6.07, 6.45) is 7.54. The van der Waals surface area contributed by atoms with Gasteiger partial charge in [-0.3, -0.25) is 9.16 Å². The Balaban J connectivity index is 2.55. The molecule has 0 unspecified atom stereocenters. The Morgan fingerprint density at radius 3 is 1.70 bits per heavy atom. The van der Waals surface area contributed by atoms with E-state index in [-0.39, 0.29) is 0 Å². The van der Waals surface area contributed by atoms with Crippen LogP contribution in [-0.2, 0) is 0 Å². The van der Waals surface area contributed by atoms with Crippen LogP contribution in [0.1, 0.15) is 0 Å². The van der Waals surface area contributed by atoms with Crippen LogP contribution < -0.4 is 0 Å². The van der Waals surface area contributed by atoms with E-state index in [1.807, 2.05) is 0 Å². The van der Waals surface area contributed by atoms with E-state index in [1.165, 1.54) is 24.6 Å².